The Morgan fingerprint density at radius 3 is 2.25 bits per heavy atom. The third-order valence-corrected chi connectivity index (χ3v) is 1.47. The smallest absolute Gasteiger partial charge is 0.215 e. The molecule has 1 aromatic rings. The van der Waals surface area contributed by atoms with Gasteiger partial charge in [0.25, 0.3) is 0 Å². The monoisotopic (exact) mass is 190 g/mol. The zero-order chi connectivity index (χ0) is 9.23. The van der Waals surface area contributed by atoms with Gasteiger partial charge < -0.3 is 9.05 Å². The Bertz CT molecular complexity index is 182. The molecule has 0 aliphatic heterocycles. The highest BCUT2D eigenvalue weighted by Gasteiger charge is 1.87. The zero-order valence-electron chi connectivity index (χ0n) is 7.08. The van der Waals surface area contributed by atoms with Crippen molar-refractivity contribution in [2.45, 2.75) is 0 Å². The lowest BCUT2D eigenvalue weighted by atomic mass is 10.3. The molecule has 0 heterocycles. The van der Waals surface area contributed by atoms with Crippen molar-refractivity contribution in [1.29, 1.82) is 0 Å². The van der Waals surface area contributed by atoms with E-state index >= 15 is 0 Å². The number of para-hydroxylation sites is 1. The van der Waals surface area contributed by atoms with Crippen LogP contribution in [-0.4, -0.2) is 14.3 Å². The first kappa shape index (κ1) is 11.3. The van der Waals surface area contributed by atoms with E-state index in [4.69, 9.17) is 9.05 Å². The minimum atomic E-state index is 0.0923. The van der Waals surface area contributed by atoms with Crippen molar-refractivity contribution >= 4 is 9.03 Å². The van der Waals surface area contributed by atoms with Gasteiger partial charge in [0.15, 0.2) is 0 Å². The molecule has 0 radical (unpaired) electrons. The lowest BCUT2D eigenvalue weighted by Crippen LogP contribution is -1.76. The van der Waals surface area contributed by atoms with Crippen molar-refractivity contribution in [2.24, 2.45) is 0 Å². The Kier molecular flexibility index (Phi) is 7.97. The van der Waals surface area contributed by atoms with Crippen LogP contribution in [0.3, 0.4) is 0 Å². The second kappa shape index (κ2) is 8.44. The third kappa shape index (κ3) is 5.05. The molecule has 0 aromatic heterocycles. The standard InChI is InChI=1S/C7H9O2P.CH3F/c1-8-10-9-7-5-3-2-4-6-7;1-2/h2-6,10H,1H3;1H3. The molecule has 1 aromatic carbocycles. The van der Waals surface area contributed by atoms with Gasteiger partial charge in [0.05, 0.1) is 7.18 Å². The van der Waals surface area contributed by atoms with Gasteiger partial charge in [-0.1, -0.05) is 18.2 Å². The summed E-state index contributed by atoms with van der Waals surface area (Å²) in [6, 6.07) is 9.59. The third-order valence-electron chi connectivity index (χ3n) is 0.986. The molecule has 12 heavy (non-hydrogen) atoms. The summed E-state index contributed by atoms with van der Waals surface area (Å²) in [5, 5.41) is 0. The van der Waals surface area contributed by atoms with Crippen molar-refractivity contribution < 1.29 is 13.4 Å². The molecule has 1 atom stereocenters. The van der Waals surface area contributed by atoms with Gasteiger partial charge in [-0.3, -0.25) is 4.39 Å². The number of rotatable bonds is 3. The molecule has 2 nitrogen and oxygen atoms in total. The van der Waals surface area contributed by atoms with Crippen LogP contribution in [0.4, 0.5) is 4.39 Å². The molecule has 0 aliphatic carbocycles. The van der Waals surface area contributed by atoms with Crippen LogP contribution in [0.15, 0.2) is 30.3 Å². The van der Waals surface area contributed by atoms with E-state index in [-0.39, 0.29) is 9.03 Å². The quantitative estimate of drug-likeness (QED) is 0.682. The fourth-order valence-corrected chi connectivity index (χ4v) is 0.894. The normalized spacial score (nSPS) is 9.25. The molecule has 68 valence electrons. The summed E-state index contributed by atoms with van der Waals surface area (Å²) in [4.78, 5) is 0. The van der Waals surface area contributed by atoms with Crippen molar-refractivity contribution in [2.75, 3.05) is 14.3 Å². The number of alkyl halides is 1. The SMILES string of the molecule is CF.COPOc1ccccc1. The first-order valence-corrected chi connectivity index (χ1v) is 4.13. The molecule has 0 bridgehead atoms. The van der Waals surface area contributed by atoms with Gasteiger partial charge in [-0.05, 0) is 12.1 Å². The van der Waals surface area contributed by atoms with Crippen LogP contribution < -0.4 is 4.52 Å². The van der Waals surface area contributed by atoms with Gasteiger partial charge in [0.1, 0.15) is 5.75 Å². The summed E-state index contributed by atoms with van der Waals surface area (Å²) in [6.07, 6.45) is 0. The van der Waals surface area contributed by atoms with E-state index in [0.29, 0.717) is 7.18 Å². The van der Waals surface area contributed by atoms with Crippen LogP contribution in [-0.2, 0) is 4.52 Å². The summed E-state index contributed by atoms with van der Waals surface area (Å²) in [6.45, 7) is 0. The largest absolute Gasteiger partial charge is 0.450 e. The molecule has 0 amide bonds. The number of halogens is 1. The summed E-state index contributed by atoms with van der Waals surface area (Å²) in [5.74, 6) is 0.850. The van der Waals surface area contributed by atoms with Crippen LogP contribution in [0.25, 0.3) is 0 Å². The molecule has 0 fully saturated rings. The number of benzene rings is 1. The average molecular weight is 190 g/mol. The fraction of sp³-hybridized carbons (Fsp3) is 0.250. The summed E-state index contributed by atoms with van der Waals surface area (Å²) in [7, 11) is 2.20. The van der Waals surface area contributed by atoms with Gasteiger partial charge in [-0.25, -0.2) is 0 Å². The topological polar surface area (TPSA) is 18.5 Å². The number of hydrogen-bond donors (Lipinski definition) is 0. The Labute approximate surface area is 73.6 Å². The van der Waals surface area contributed by atoms with E-state index in [1.807, 2.05) is 30.3 Å². The van der Waals surface area contributed by atoms with E-state index in [9.17, 15) is 4.39 Å². The minimum absolute atomic E-state index is 0.0923. The highest BCUT2D eigenvalue weighted by atomic mass is 31.1. The summed E-state index contributed by atoms with van der Waals surface area (Å²) in [5.41, 5.74) is 0. The van der Waals surface area contributed by atoms with Crippen molar-refractivity contribution in [1.82, 2.24) is 0 Å². The molecule has 0 aliphatic rings. The van der Waals surface area contributed by atoms with Crippen LogP contribution in [0, 0.1) is 0 Å². The Morgan fingerprint density at radius 2 is 1.75 bits per heavy atom. The van der Waals surface area contributed by atoms with Crippen LogP contribution in [0.5, 0.6) is 5.75 Å². The Morgan fingerprint density at radius 1 is 1.17 bits per heavy atom. The second-order valence-electron chi connectivity index (χ2n) is 1.70. The van der Waals surface area contributed by atoms with E-state index < -0.39 is 0 Å². The Balaban J connectivity index is 0.000000561. The molecule has 0 saturated heterocycles. The lowest BCUT2D eigenvalue weighted by molar-refractivity contribution is 0.417. The molecule has 0 spiro atoms. The van der Waals surface area contributed by atoms with Gasteiger partial charge in [-0.15, -0.1) is 0 Å². The number of hydrogen-bond acceptors (Lipinski definition) is 2. The average Bonchev–Trinajstić information content (AvgIpc) is 2.19. The van der Waals surface area contributed by atoms with Crippen molar-refractivity contribution in [3.8, 4) is 5.75 Å². The highest BCUT2D eigenvalue weighted by molar-refractivity contribution is 7.26. The second-order valence-corrected chi connectivity index (χ2v) is 2.48. The van der Waals surface area contributed by atoms with Gasteiger partial charge in [-0.2, -0.15) is 0 Å². The molecule has 4 heteroatoms. The van der Waals surface area contributed by atoms with Gasteiger partial charge in [0, 0.05) is 7.11 Å². The Hall–Kier alpha value is -0.660. The van der Waals surface area contributed by atoms with Crippen LogP contribution in [0.2, 0.25) is 0 Å². The maximum Gasteiger partial charge on any atom is 0.215 e. The maximum absolute atomic E-state index is 9.50. The molecular weight excluding hydrogens is 178 g/mol. The van der Waals surface area contributed by atoms with E-state index in [1.165, 1.54) is 0 Å². The highest BCUT2D eigenvalue weighted by Crippen LogP contribution is 2.19. The fourth-order valence-electron chi connectivity index (χ4n) is 0.578. The summed E-state index contributed by atoms with van der Waals surface area (Å²) < 4.78 is 19.4. The first-order valence-electron chi connectivity index (χ1n) is 3.31. The van der Waals surface area contributed by atoms with E-state index in [0.717, 1.165) is 5.75 Å². The lowest BCUT2D eigenvalue weighted by Gasteiger charge is -2.00. The maximum atomic E-state index is 9.50. The zero-order valence-corrected chi connectivity index (χ0v) is 8.08. The minimum Gasteiger partial charge on any atom is -0.450 e. The van der Waals surface area contributed by atoms with Crippen LogP contribution >= 0.6 is 9.03 Å². The van der Waals surface area contributed by atoms with Gasteiger partial charge in [0.2, 0.25) is 9.03 Å². The molecule has 0 N–H and O–H groups in total. The summed E-state index contributed by atoms with van der Waals surface area (Å²) >= 11 is 0. The van der Waals surface area contributed by atoms with Gasteiger partial charge >= 0.3 is 0 Å². The first-order chi connectivity index (χ1) is 5.93. The van der Waals surface area contributed by atoms with Crippen LogP contribution in [0.1, 0.15) is 0 Å². The molecule has 1 unspecified atom stereocenters. The van der Waals surface area contributed by atoms with Crippen molar-refractivity contribution in [3.05, 3.63) is 30.3 Å². The predicted molar refractivity (Wildman–Crippen MR) is 49.4 cm³/mol. The molecule has 1 rings (SSSR count). The molecule has 0 saturated carbocycles. The van der Waals surface area contributed by atoms with E-state index in [2.05, 4.69) is 0 Å². The molecular formula is C8H12FO2P. The van der Waals surface area contributed by atoms with Crippen molar-refractivity contribution in [3.63, 3.8) is 0 Å². The van der Waals surface area contributed by atoms with E-state index in [1.54, 1.807) is 7.11 Å². The predicted octanol–water partition coefficient (Wildman–Crippen LogP) is 2.81.